The Bertz CT molecular complexity index is 755. The number of nitrogens with zero attached hydrogens (tertiary/aromatic N) is 1. The van der Waals surface area contributed by atoms with Crippen molar-refractivity contribution in [1.82, 2.24) is 9.88 Å². The number of alkyl halides is 1. The summed E-state index contributed by atoms with van der Waals surface area (Å²) in [5.41, 5.74) is 1.34. The minimum absolute atomic E-state index is 0.0115. The van der Waals surface area contributed by atoms with E-state index < -0.39 is 17.8 Å². The number of halogens is 3. The summed E-state index contributed by atoms with van der Waals surface area (Å²) in [6.45, 7) is -0.0115. The van der Waals surface area contributed by atoms with Gasteiger partial charge in [0.1, 0.15) is 6.17 Å². The highest BCUT2D eigenvalue weighted by molar-refractivity contribution is 5.87. The van der Waals surface area contributed by atoms with Crippen molar-refractivity contribution >= 4 is 16.8 Å². The molecule has 0 aliphatic carbocycles. The number of carbonyl (C=O) groups is 1. The number of benzene rings is 1. The van der Waals surface area contributed by atoms with E-state index in [2.05, 4.69) is 4.98 Å². The van der Waals surface area contributed by atoms with Gasteiger partial charge in [0.15, 0.2) is 11.6 Å². The highest BCUT2D eigenvalue weighted by Gasteiger charge is 2.40. The van der Waals surface area contributed by atoms with Gasteiger partial charge in [-0.05, 0) is 18.9 Å². The van der Waals surface area contributed by atoms with Crippen LogP contribution < -0.4 is 0 Å². The zero-order chi connectivity index (χ0) is 14.7. The summed E-state index contributed by atoms with van der Waals surface area (Å²) in [5.74, 6) is -2.01. The molecule has 2 aromatic rings. The number of rotatable bonds is 0. The lowest BCUT2D eigenvalue weighted by atomic mass is 9.89. The number of aromatic amines is 1. The molecule has 0 saturated carbocycles. The SMILES string of the molecule is O=C1CCCC2c3[nH]c4cc(F)c(F)cc4c3C(F)CN12. The molecule has 110 valence electrons. The smallest absolute Gasteiger partial charge is 0.223 e. The molecule has 2 aliphatic heterocycles. The maximum atomic E-state index is 14.5. The fourth-order valence-corrected chi connectivity index (χ4v) is 3.54. The largest absolute Gasteiger partial charge is 0.356 e. The third-order valence-corrected chi connectivity index (χ3v) is 4.48. The van der Waals surface area contributed by atoms with Crippen LogP contribution in [0.1, 0.15) is 42.7 Å². The highest BCUT2D eigenvalue weighted by Crippen LogP contribution is 2.44. The lowest BCUT2D eigenvalue weighted by molar-refractivity contribution is -0.138. The Balaban J connectivity index is 1.95. The maximum absolute atomic E-state index is 14.5. The Kier molecular flexibility index (Phi) is 2.58. The van der Waals surface area contributed by atoms with Gasteiger partial charge in [-0.15, -0.1) is 0 Å². The molecular formula is C15H13F3N2O. The quantitative estimate of drug-likeness (QED) is 0.793. The van der Waals surface area contributed by atoms with E-state index in [0.717, 1.165) is 25.0 Å². The molecule has 0 radical (unpaired) electrons. The first-order valence-electron chi connectivity index (χ1n) is 7.00. The van der Waals surface area contributed by atoms with E-state index in [0.29, 0.717) is 28.6 Å². The Hall–Kier alpha value is -1.98. The summed E-state index contributed by atoms with van der Waals surface area (Å²) < 4.78 is 41.3. The van der Waals surface area contributed by atoms with Crippen molar-refractivity contribution in [3.05, 3.63) is 35.0 Å². The zero-order valence-electron chi connectivity index (χ0n) is 11.1. The summed E-state index contributed by atoms with van der Waals surface area (Å²) in [5, 5.41) is 0.370. The normalized spacial score (nSPS) is 25.1. The molecule has 1 amide bonds. The number of hydrogen-bond acceptors (Lipinski definition) is 1. The second-order valence-corrected chi connectivity index (χ2v) is 5.69. The van der Waals surface area contributed by atoms with Crippen LogP contribution in [0.15, 0.2) is 12.1 Å². The number of amides is 1. The molecule has 4 rings (SSSR count). The van der Waals surface area contributed by atoms with E-state index in [-0.39, 0.29) is 18.5 Å². The molecule has 1 N–H and O–H groups in total. The van der Waals surface area contributed by atoms with Gasteiger partial charge in [0.05, 0.1) is 12.6 Å². The molecule has 1 aromatic heterocycles. The molecular weight excluding hydrogens is 281 g/mol. The van der Waals surface area contributed by atoms with Crippen LogP contribution in [-0.4, -0.2) is 22.3 Å². The molecule has 21 heavy (non-hydrogen) atoms. The first-order chi connectivity index (χ1) is 10.1. The second-order valence-electron chi connectivity index (χ2n) is 5.69. The minimum atomic E-state index is -1.38. The van der Waals surface area contributed by atoms with Gasteiger partial charge in [0, 0.05) is 34.6 Å². The summed E-state index contributed by atoms with van der Waals surface area (Å²) in [6.07, 6.45) is 0.539. The molecule has 3 nitrogen and oxygen atoms in total. The van der Waals surface area contributed by atoms with Crippen molar-refractivity contribution in [2.24, 2.45) is 0 Å². The van der Waals surface area contributed by atoms with Gasteiger partial charge < -0.3 is 9.88 Å². The van der Waals surface area contributed by atoms with Crippen LogP contribution in [0.2, 0.25) is 0 Å². The van der Waals surface area contributed by atoms with E-state index in [1.54, 1.807) is 4.90 Å². The molecule has 0 bridgehead atoms. The second kappa shape index (κ2) is 4.26. The van der Waals surface area contributed by atoms with Crippen molar-refractivity contribution in [1.29, 1.82) is 0 Å². The maximum Gasteiger partial charge on any atom is 0.223 e. The summed E-state index contributed by atoms with van der Waals surface area (Å²) in [6, 6.07) is 1.86. The number of nitrogens with one attached hydrogen (secondary N) is 1. The van der Waals surface area contributed by atoms with E-state index >= 15 is 0 Å². The van der Waals surface area contributed by atoms with Crippen LogP contribution in [0.5, 0.6) is 0 Å². The van der Waals surface area contributed by atoms with Gasteiger partial charge in [-0.3, -0.25) is 4.79 Å². The first-order valence-corrected chi connectivity index (χ1v) is 7.00. The van der Waals surface area contributed by atoms with Crippen molar-refractivity contribution in [3.63, 3.8) is 0 Å². The third-order valence-electron chi connectivity index (χ3n) is 4.48. The van der Waals surface area contributed by atoms with Gasteiger partial charge in [-0.25, -0.2) is 13.2 Å². The minimum Gasteiger partial charge on any atom is -0.356 e. The van der Waals surface area contributed by atoms with Crippen LogP contribution in [0, 0.1) is 11.6 Å². The predicted octanol–water partition coefficient (Wildman–Crippen LogP) is 3.52. The lowest BCUT2D eigenvalue weighted by Crippen LogP contribution is -2.43. The monoisotopic (exact) mass is 294 g/mol. The topological polar surface area (TPSA) is 36.1 Å². The fourth-order valence-electron chi connectivity index (χ4n) is 3.54. The number of carbonyl (C=O) groups excluding carboxylic acids is 1. The lowest BCUT2D eigenvalue weighted by Gasteiger charge is -2.40. The third kappa shape index (κ3) is 1.71. The number of fused-ring (bicyclic) bond motifs is 5. The van der Waals surface area contributed by atoms with Crippen molar-refractivity contribution < 1.29 is 18.0 Å². The van der Waals surface area contributed by atoms with E-state index in [1.165, 1.54) is 0 Å². The molecule has 1 saturated heterocycles. The Morgan fingerprint density at radius 2 is 2.00 bits per heavy atom. The van der Waals surface area contributed by atoms with E-state index in [9.17, 15) is 18.0 Å². The van der Waals surface area contributed by atoms with Crippen LogP contribution in [-0.2, 0) is 4.79 Å². The zero-order valence-corrected chi connectivity index (χ0v) is 11.1. The Morgan fingerprint density at radius 1 is 1.24 bits per heavy atom. The van der Waals surface area contributed by atoms with Crippen molar-refractivity contribution in [2.75, 3.05) is 6.54 Å². The van der Waals surface area contributed by atoms with Crippen molar-refractivity contribution in [2.45, 2.75) is 31.5 Å². The summed E-state index contributed by atoms with van der Waals surface area (Å²) in [4.78, 5) is 16.5. The van der Waals surface area contributed by atoms with Gasteiger partial charge in [-0.1, -0.05) is 0 Å². The summed E-state index contributed by atoms with van der Waals surface area (Å²) in [7, 11) is 0. The predicted molar refractivity (Wildman–Crippen MR) is 70.4 cm³/mol. The number of piperidine rings is 1. The van der Waals surface area contributed by atoms with Crippen LogP contribution in [0.3, 0.4) is 0 Å². The first kappa shape index (κ1) is 12.7. The summed E-state index contributed by atoms with van der Waals surface area (Å²) >= 11 is 0. The van der Waals surface area contributed by atoms with Gasteiger partial charge in [-0.2, -0.15) is 0 Å². The molecule has 3 heterocycles. The molecule has 0 spiro atoms. The van der Waals surface area contributed by atoms with Gasteiger partial charge in [0.2, 0.25) is 5.91 Å². The Labute approximate surface area is 118 Å². The average molecular weight is 294 g/mol. The van der Waals surface area contributed by atoms with E-state index in [1.807, 2.05) is 0 Å². The molecule has 2 unspecified atom stereocenters. The molecule has 6 heteroatoms. The van der Waals surface area contributed by atoms with Crippen LogP contribution >= 0.6 is 0 Å². The van der Waals surface area contributed by atoms with Gasteiger partial charge in [0.25, 0.3) is 0 Å². The van der Waals surface area contributed by atoms with Crippen LogP contribution in [0.25, 0.3) is 10.9 Å². The van der Waals surface area contributed by atoms with Gasteiger partial charge >= 0.3 is 0 Å². The molecule has 2 atom stereocenters. The average Bonchev–Trinajstić information content (AvgIpc) is 2.80. The molecule has 1 fully saturated rings. The number of hydrogen-bond donors (Lipinski definition) is 1. The van der Waals surface area contributed by atoms with E-state index in [4.69, 9.17) is 0 Å². The fraction of sp³-hybridized carbons (Fsp3) is 0.400. The Morgan fingerprint density at radius 3 is 2.81 bits per heavy atom. The van der Waals surface area contributed by atoms with Crippen LogP contribution in [0.4, 0.5) is 13.2 Å². The molecule has 2 aliphatic rings. The molecule has 1 aromatic carbocycles. The van der Waals surface area contributed by atoms with Crippen molar-refractivity contribution in [3.8, 4) is 0 Å². The number of aromatic nitrogens is 1. The highest BCUT2D eigenvalue weighted by atomic mass is 19.2. The number of H-pyrrole nitrogens is 1. The standard InChI is InChI=1S/C15H13F3N2O/c16-8-4-7-11(5-9(8)17)19-15-12-2-1-3-13(21)20(12)6-10(18)14(7)15/h4-5,10,12,19H,1-3,6H2.